The fourth-order valence-electron chi connectivity index (χ4n) is 2.79. The molecular weight excluding hydrogens is 305 g/mol. The van der Waals surface area contributed by atoms with Crippen LogP contribution in [0, 0.1) is 11.7 Å². The van der Waals surface area contributed by atoms with E-state index in [1.165, 1.54) is 12.1 Å². The van der Waals surface area contributed by atoms with Gasteiger partial charge in [0.25, 0.3) is 5.91 Å². The molecule has 1 atom stereocenters. The molecule has 0 saturated heterocycles. The van der Waals surface area contributed by atoms with Gasteiger partial charge in [-0.3, -0.25) is 4.79 Å². The van der Waals surface area contributed by atoms with E-state index < -0.39 is 0 Å². The summed E-state index contributed by atoms with van der Waals surface area (Å²) in [6.07, 6.45) is 1.86. The molecular formula is C20H20FNO2. The third-order valence-corrected chi connectivity index (χ3v) is 4.11. The van der Waals surface area contributed by atoms with Gasteiger partial charge in [0, 0.05) is 5.56 Å². The van der Waals surface area contributed by atoms with Crippen LogP contribution in [-0.4, -0.2) is 12.5 Å². The van der Waals surface area contributed by atoms with Crippen LogP contribution in [0.4, 0.5) is 4.39 Å². The number of fused-ring (bicyclic) bond motifs is 1. The summed E-state index contributed by atoms with van der Waals surface area (Å²) in [4.78, 5) is 12.6. The minimum atomic E-state index is -0.285. The highest BCUT2D eigenvalue weighted by molar-refractivity contribution is 5.99. The standard InChI is InChI=1S/C20H20FNO2/c1-13(2)19(14-7-9-17(21)10-8-14)22-20(23)16-11-15-5-3-4-6-18(15)24-12-16/h3-11,13,19H,12H2,1-2H3,(H,22,23). The average Bonchev–Trinajstić information content (AvgIpc) is 2.59. The predicted molar refractivity (Wildman–Crippen MR) is 92.0 cm³/mol. The van der Waals surface area contributed by atoms with E-state index in [2.05, 4.69) is 5.32 Å². The molecule has 0 radical (unpaired) electrons. The van der Waals surface area contributed by atoms with Gasteiger partial charge in [0.15, 0.2) is 0 Å². The zero-order valence-corrected chi connectivity index (χ0v) is 13.8. The van der Waals surface area contributed by atoms with E-state index >= 15 is 0 Å². The van der Waals surface area contributed by atoms with Gasteiger partial charge in [-0.05, 0) is 35.8 Å². The number of hydrogen-bond donors (Lipinski definition) is 1. The molecule has 0 aromatic heterocycles. The lowest BCUT2D eigenvalue weighted by Crippen LogP contribution is -2.34. The largest absolute Gasteiger partial charge is 0.488 e. The topological polar surface area (TPSA) is 38.3 Å². The summed E-state index contributed by atoms with van der Waals surface area (Å²) >= 11 is 0. The lowest BCUT2D eigenvalue weighted by Gasteiger charge is -2.25. The zero-order chi connectivity index (χ0) is 17.1. The van der Waals surface area contributed by atoms with E-state index in [9.17, 15) is 9.18 Å². The summed E-state index contributed by atoms with van der Waals surface area (Å²) in [5.41, 5.74) is 2.37. The van der Waals surface area contributed by atoms with Crippen LogP contribution in [0.2, 0.25) is 0 Å². The Balaban J connectivity index is 1.80. The number of halogens is 1. The van der Waals surface area contributed by atoms with Crippen LogP contribution in [0.3, 0.4) is 0 Å². The Labute approximate surface area is 141 Å². The number of carbonyl (C=O) groups is 1. The second-order valence-corrected chi connectivity index (χ2v) is 6.24. The van der Waals surface area contributed by atoms with Crippen LogP contribution in [-0.2, 0) is 4.79 Å². The molecule has 2 aromatic rings. The van der Waals surface area contributed by atoms with Crippen LogP contribution < -0.4 is 10.1 Å². The Hall–Kier alpha value is -2.62. The monoisotopic (exact) mass is 325 g/mol. The number of nitrogens with one attached hydrogen (secondary N) is 1. The second kappa shape index (κ2) is 6.87. The Morgan fingerprint density at radius 2 is 1.83 bits per heavy atom. The van der Waals surface area contributed by atoms with E-state index in [-0.39, 0.29) is 30.3 Å². The van der Waals surface area contributed by atoms with Gasteiger partial charge in [-0.2, -0.15) is 0 Å². The van der Waals surface area contributed by atoms with Crippen molar-refractivity contribution in [3.05, 3.63) is 71.0 Å². The minimum absolute atomic E-state index is 0.160. The van der Waals surface area contributed by atoms with Crippen molar-refractivity contribution in [3.63, 3.8) is 0 Å². The zero-order valence-electron chi connectivity index (χ0n) is 13.8. The molecule has 3 rings (SSSR count). The first-order valence-corrected chi connectivity index (χ1v) is 8.03. The van der Waals surface area contributed by atoms with Crippen molar-refractivity contribution in [1.82, 2.24) is 5.32 Å². The third-order valence-electron chi connectivity index (χ3n) is 4.11. The predicted octanol–water partition coefficient (Wildman–Crippen LogP) is 4.12. The van der Waals surface area contributed by atoms with E-state index in [1.54, 1.807) is 12.1 Å². The quantitative estimate of drug-likeness (QED) is 0.918. The average molecular weight is 325 g/mol. The van der Waals surface area contributed by atoms with Crippen LogP contribution in [0.5, 0.6) is 5.75 Å². The van der Waals surface area contributed by atoms with Gasteiger partial charge in [-0.1, -0.05) is 44.2 Å². The molecule has 3 nitrogen and oxygen atoms in total. The Kier molecular flexibility index (Phi) is 4.65. The summed E-state index contributed by atoms with van der Waals surface area (Å²) in [5, 5.41) is 3.04. The molecule has 1 aliphatic heterocycles. The molecule has 1 unspecified atom stereocenters. The van der Waals surface area contributed by atoms with Gasteiger partial charge < -0.3 is 10.1 Å². The van der Waals surface area contributed by atoms with E-state index in [1.807, 2.05) is 44.2 Å². The lowest BCUT2D eigenvalue weighted by atomic mass is 9.95. The first-order valence-electron chi connectivity index (χ1n) is 8.03. The van der Waals surface area contributed by atoms with Gasteiger partial charge in [-0.15, -0.1) is 0 Å². The second-order valence-electron chi connectivity index (χ2n) is 6.24. The first kappa shape index (κ1) is 16.2. The number of carbonyl (C=O) groups excluding carboxylic acids is 1. The molecule has 1 heterocycles. The summed E-state index contributed by atoms with van der Waals surface area (Å²) in [6, 6.07) is 13.7. The maximum absolute atomic E-state index is 13.1. The van der Waals surface area contributed by atoms with Crippen molar-refractivity contribution >= 4 is 12.0 Å². The van der Waals surface area contributed by atoms with Crippen molar-refractivity contribution in [2.45, 2.75) is 19.9 Å². The molecule has 0 saturated carbocycles. The molecule has 124 valence electrons. The Morgan fingerprint density at radius 1 is 1.12 bits per heavy atom. The number of amides is 1. The van der Waals surface area contributed by atoms with Gasteiger partial charge in [0.1, 0.15) is 18.2 Å². The molecule has 0 fully saturated rings. The highest BCUT2D eigenvalue weighted by Crippen LogP contribution is 2.27. The third kappa shape index (κ3) is 3.48. The number of para-hydroxylation sites is 1. The van der Waals surface area contributed by atoms with Gasteiger partial charge >= 0.3 is 0 Å². The molecule has 4 heteroatoms. The smallest absolute Gasteiger partial charge is 0.251 e. The van der Waals surface area contributed by atoms with Crippen molar-refractivity contribution in [2.24, 2.45) is 5.92 Å². The molecule has 24 heavy (non-hydrogen) atoms. The van der Waals surface area contributed by atoms with E-state index in [0.29, 0.717) is 5.57 Å². The normalized spacial score (nSPS) is 14.4. The van der Waals surface area contributed by atoms with Crippen molar-refractivity contribution in [1.29, 1.82) is 0 Å². The maximum Gasteiger partial charge on any atom is 0.251 e. The maximum atomic E-state index is 13.1. The summed E-state index contributed by atoms with van der Waals surface area (Å²) < 4.78 is 18.8. The SMILES string of the molecule is CC(C)C(NC(=O)C1=Cc2ccccc2OC1)c1ccc(F)cc1. The van der Waals surface area contributed by atoms with Crippen molar-refractivity contribution < 1.29 is 13.9 Å². The number of ether oxygens (including phenoxy) is 1. The fourth-order valence-corrected chi connectivity index (χ4v) is 2.79. The van der Waals surface area contributed by atoms with E-state index in [4.69, 9.17) is 4.74 Å². The van der Waals surface area contributed by atoms with Crippen LogP contribution in [0.25, 0.3) is 6.08 Å². The highest BCUT2D eigenvalue weighted by atomic mass is 19.1. The van der Waals surface area contributed by atoms with E-state index in [0.717, 1.165) is 16.9 Å². The van der Waals surface area contributed by atoms with Crippen LogP contribution >= 0.6 is 0 Å². The number of hydrogen-bond acceptors (Lipinski definition) is 2. The summed E-state index contributed by atoms with van der Waals surface area (Å²) in [5.74, 6) is 0.518. The highest BCUT2D eigenvalue weighted by Gasteiger charge is 2.22. The molecule has 0 aliphatic carbocycles. The van der Waals surface area contributed by atoms with Gasteiger partial charge in [0.2, 0.25) is 0 Å². The fraction of sp³-hybridized carbons (Fsp3) is 0.250. The molecule has 0 bridgehead atoms. The summed E-state index contributed by atoms with van der Waals surface area (Å²) in [6.45, 7) is 4.29. The number of rotatable bonds is 4. The molecule has 0 spiro atoms. The molecule has 2 aromatic carbocycles. The molecule has 1 N–H and O–H groups in total. The lowest BCUT2D eigenvalue weighted by molar-refractivity contribution is -0.118. The Morgan fingerprint density at radius 3 is 2.54 bits per heavy atom. The van der Waals surface area contributed by atoms with Crippen LogP contribution in [0.1, 0.15) is 31.0 Å². The van der Waals surface area contributed by atoms with Crippen LogP contribution in [0.15, 0.2) is 54.1 Å². The minimum Gasteiger partial charge on any atom is -0.488 e. The van der Waals surface area contributed by atoms with Gasteiger partial charge in [0.05, 0.1) is 11.6 Å². The van der Waals surface area contributed by atoms with Crippen molar-refractivity contribution in [2.75, 3.05) is 6.61 Å². The molecule has 1 aliphatic rings. The summed E-state index contributed by atoms with van der Waals surface area (Å²) in [7, 11) is 0. The number of benzene rings is 2. The van der Waals surface area contributed by atoms with Crippen molar-refractivity contribution in [3.8, 4) is 5.75 Å². The van der Waals surface area contributed by atoms with Gasteiger partial charge in [-0.25, -0.2) is 4.39 Å². The Bertz CT molecular complexity index is 765. The molecule has 1 amide bonds. The first-order chi connectivity index (χ1) is 11.5.